The lowest BCUT2D eigenvalue weighted by Crippen LogP contribution is -2.02. The predicted octanol–water partition coefficient (Wildman–Crippen LogP) is 5.87. The number of unbranched alkanes of at least 4 members (excludes halogenated alkanes) is 9. The van der Waals surface area contributed by atoms with Crippen molar-refractivity contribution in [3.63, 3.8) is 0 Å². The Morgan fingerprint density at radius 1 is 1.00 bits per heavy atom. The maximum Gasteiger partial charge on any atom is 0.138 e. The minimum absolute atomic E-state index is 0.347. The fourth-order valence-corrected chi connectivity index (χ4v) is 3.20. The van der Waals surface area contributed by atoms with Crippen molar-refractivity contribution in [2.45, 2.75) is 90.9 Å². The number of hydrogen-bond acceptors (Lipinski definition) is 3. The number of nitrogens with zero attached hydrogens (tertiary/aromatic N) is 1. The highest BCUT2D eigenvalue weighted by molar-refractivity contribution is 7.09. The molecule has 3 heteroatoms. The first-order valence-electron chi connectivity index (χ1n) is 8.65. The minimum atomic E-state index is 0.347. The van der Waals surface area contributed by atoms with Crippen LogP contribution in [0, 0.1) is 6.92 Å². The largest absolute Gasteiger partial charge is 0.299 e. The maximum atomic E-state index is 11.8. The number of Topliss-reactive ketones (excluding diaryl/α,β-unsaturated/α-hetero) is 1. The van der Waals surface area contributed by atoms with E-state index in [2.05, 4.69) is 11.9 Å². The molecular formula is C18H31NOS. The summed E-state index contributed by atoms with van der Waals surface area (Å²) in [5.41, 5.74) is 0.953. The third-order valence-electron chi connectivity index (χ3n) is 3.85. The number of ketones is 1. The molecule has 0 unspecified atom stereocenters. The molecule has 1 rings (SSSR count). The second-order valence-corrected chi connectivity index (χ2v) is 7.07. The second-order valence-electron chi connectivity index (χ2n) is 6.01. The molecule has 0 spiro atoms. The van der Waals surface area contributed by atoms with E-state index in [1.807, 2.05) is 12.3 Å². The maximum absolute atomic E-state index is 11.8. The van der Waals surface area contributed by atoms with Crippen molar-refractivity contribution in [1.82, 2.24) is 4.98 Å². The summed E-state index contributed by atoms with van der Waals surface area (Å²) in [6, 6.07) is 0. The van der Waals surface area contributed by atoms with Gasteiger partial charge < -0.3 is 0 Å². The van der Waals surface area contributed by atoms with Crippen LogP contribution in [0.3, 0.4) is 0 Å². The fraction of sp³-hybridized carbons (Fsp3) is 0.778. The van der Waals surface area contributed by atoms with Crippen LogP contribution in [0.4, 0.5) is 0 Å². The van der Waals surface area contributed by atoms with Crippen molar-refractivity contribution < 1.29 is 4.79 Å². The first-order valence-corrected chi connectivity index (χ1v) is 9.53. The smallest absolute Gasteiger partial charge is 0.138 e. The Hall–Kier alpha value is -0.700. The van der Waals surface area contributed by atoms with Crippen molar-refractivity contribution in [3.05, 3.63) is 16.1 Å². The molecule has 0 fully saturated rings. The number of thiazole rings is 1. The zero-order chi connectivity index (χ0) is 15.3. The third-order valence-corrected chi connectivity index (χ3v) is 4.68. The Bertz CT molecular complexity index is 386. The molecule has 0 saturated heterocycles. The van der Waals surface area contributed by atoms with Gasteiger partial charge in [0.1, 0.15) is 5.78 Å². The molecule has 0 aromatic carbocycles. The van der Waals surface area contributed by atoms with Crippen LogP contribution < -0.4 is 0 Å². The van der Waals surface area contributed by atoms with E-state index in [9.17, 15) is 4.79 Å². The first-order chi connectivity index (χ1) is 10.2. The molecule has 0 radical (unpaired) electrons. The van der Waals surface area contributed by atoms with E-state index >= 15 is 0 Å². The number of hydrogen-bond donors (Lipinski definition) is 0. The topological polar surface area (TPSA) is 30.0 Å². The Labute approximate surface area is 134 Å². The number of rotatable bonds is 13. The molecule has 0 atom stereocenters. The molecule has 0 saturated carbocycles. The van der Waals surface area contributed by atoms with Crippen LogP contribution in [-0.2, 0) is 11.2 Å². The molecule has 1 aromatic rings. The molecule has 2 nitrogen and oxygen atoms in total. The molecule has 0 aliphatic heterocycles. The second kappa shape index (κ2) is 11.9. The van der Waals surface area contributed by atoms with Crippen LogP contribution in [0.5, 0.6) is 0 Å². The lowest BCUT2D eigenvalue weighted by Gasteiger charge is -2.02. The van der Waals surface area contributed by atoms with Crippen LogP contribution in [0.25, 0.3) is 0 Å². The van der Waals surface area contributed by atoms with Crippen molar-refractivity contribution in [1.29, 1.82) is 0 Å². The molecule has 0 bridgehead atoms. The number of carbonyl (C=O) groups excluding carboxylic acids is 1. The van der Waals surface area contributed by atoms with Crippen molar-refractivity contribution in [2.75, 3.05) is 0 Å². The molecule has 1 aromatic heterocycles. The Morgan fingerprint density at radius 3 is 2.10 bits per heavy atom. The van der Waals surface area contributed by atoms with Crippen molar-refractivity contribution in [2.24, 2.45) is 0 Å². The average molecular weight is 310 g/mol. The Morgan fingerprint density at radius 2 is 1.57 bits per heavy atom. The van der Waals surface area contributed by atoms with Crippen molar-refractivity contribution in [3.8, 4) is 0 Å². The predicted molar refractivity (Wildman–Crippen MR) is 92.0 cm³/mol. The molecule has 0 aliphatic carbocycles. The van der Waals surface area contributed by atoms with Gasteiger partial charge in [-0.1, -0.05) is 64.7 Å². The molecular weight excluding hydrogens is 278 g/mol. The summed E-state index contributed by atoms with van der Waals surface area (Å²) in [4.78, 5) is 16.2. The summed E-state index contributed by atoms with van der Waals surface area (Å²) in [7, 11) is 0. The van der Waals surface area contributed by atoms with Crippen molar-refractivity contribution >= 4 is 17.1 Å². The quantitative estimate of drug-likeness (QED) is 0.426. The lowest BCUT2D eigenvalue weighted by molar-refractivity contribution is -0.118. The van der Waals surface area contributed by atoms with Crippen LogP contribution in [0.1, 0.15) is 88.3 Å². The zero-order valence-electron chi connectivity index (χ0n) is 13.8. The van der Waals surface area contributed by atoms with E-state index in [1.165, 1.54) is 57.8 Å². The van der Waals surface area contributed by atoms with Gasteiger partial charge in [-0.2, -0.15) is 0 Å². The summed E-state index contributed by atoms with van der Waals surface area (Å²) in [5.74, 6) is 0.347. The standard InChI is InChI=1S/C18H31NOS/c1-3-4-5-6-7-8-9-10-11-12-13-18(20)14-17-15-21-16(2)19-17/h15H,3-14H2,1-2H3. The number of aryl methyl sites for hydroxylation is 1. The molecule has 21 heavy (non-hydrogen) atoms. The number of carbonyl (C=O) groups is 1. The summed E-state index contributed by atoms with van der Waals surface area (Å²) < 4.78 is 0. The van der Waals surface area contributed by atoms with E-state index in [0.717, 1.165) is 23.5 Å². The van der Waals surface area contributed by atoms with Gasteiger partial charge in [-0.15, -0.1) is 11.3 Å². The molecule has 1 heterocycles. The van der Waals surface area contributed by atoms with Gasteiger partial charge in [0.15, 0.2) is 0 Å². The van der Waals surface area contributed by atoms with E-state index in [-0.39, 0.29) is 0 Å². The van der Waals surface area contributed by atoms with E-state index in [0.29, 0.717) is 12.2 Å². The third kappa shape index (κ3) is 9.78. The van der Waals surface area contributed by atoms with Gasteiger partial charge in [-0.25, -0.2) is 4.98 Å². The first kappa shape index (κ1) is 18.3. The minimum Gasteiger partial charge on any atom is -0.299 e. The summed E-state index contributed by atoms with van der Waals surface area (Å²) in [6.07, 6.45) is 14.4. The van der Waals surface area contributed by atoms with E-state index in [1.54, 1.807) is 11.3 Å². The highest BCUT2D eigenvalue weighted by Gasteiger charge is 2.06. The molecule has 0 N–H and O–H groups in total. The van der Waals surface area contributed by atoms with Gasteiger partial charge in [-0.05, 0) is 13.3 Å². The average Bonchev–Trinajstić information content (AvgIpc) is 2.86. The summed E-state index contributed by atoms with van der Waals surface area (Å²) in [5, 5.41) is 3.06. The van der Waals surface area contributed by atoms with Gasteiger partial charge in [0.2, 0.25) is 0 Å². The molecule has 120 valence electrons. The van der Waals surface area contributed by atoms with E-state index in [4.69, 9.17) is 0 Å². The van der Waals surface area contributed by atoms with Crippen LogP contribution in [0.2, 0.25) is 0 Å². The highest BCUT2D eigenvalue weighted by atomic mass is 32.1. The molecule has 0 aliphatic rings. The van der Waals surface area contributed by atoms with Gasteiger partial charge in [0.25, 0.3) is 0 Å². The summed E-state index contributed by atoms with van der Waals surface area (Å²) in [6.45, 7) is 4.25. The van der Waals surface area contributed by atoms with Gasteiger partial charge in [0, 0.05) is 18.2 Å². The zero-order valence-corrected chi connectivity index (χ0v) is 14.6. The van der Waals surface area contributed by atoms with E-state index < -0.39 is 0 Å². The van der Waals surface area contributed by atoms with Gasteiger partial charge >= 0.3 is 0 Å². The highest BCUT2D eigenvalue weighted by Crippen LogP contribution is 2.13. The number of aromatic nitrogens is 1. The normalized spacial score (nSPS) is 11.0. The lowest BCUT2D eigenvalue weighted by atomic mass is 10.0. The SMILES string of the molecule is CCCCCCCCCCCCC(=O)Cc1csc(C)n1. The van der Waals surface area contributed by atoms with Crippen LogP contribution in [0.15, 0.2) is 5.38 Å². The Kier molecular flexibility index (Phi) is 10.4. The van der Waals surface area contributed by atoms with Crippen LogP contribution in [-0.4, -0.2) is 10.8 Å². The Balaban J connectivity index is 1.88. The fourth-order valence-electron chi connectivity index (χ4n) is 2.59. The molecule has 0 amide bonds. The summed E-state index contributed by atoms with van der Waals surface area (Å²) >= 11 is 1.63. The monoisotopic (exact) mass is 309 g/mol. The van der Waals surface area contributed by atoms with Crippen LogP contribution >= 0.6 is 11.3 Å². The van der Waals surface area contributed by atoms with Gasteiger partial charge in [-0.3, -0.25) is 4.79 Å². The van der Waals surface area contributed by atoms with Gasteiger partial charge in [0.05, 0.1) is 10.7 Å².